The number of pyridine rings is 2. The van der Waals surface area contributed by atoms with Gasteiger partial charge in [-0.15, -0.1) is 0 Å². The van der Waals surface area contributed by atoms with Crippen molar-refractivity contribution < 1.29 is 9.59 Å². The number of amides is 2. The van der Waals surface area contributed by atoms with Crippen LogP contribution >= 0.6 is 0 Å². The summed E-state index contributed by atoms with van der Waals surface area (Å²) in [4.78, 5) is 37.4. The molecule has 1 aliphatic heterocycles. The Hall–Kier alpha value is -2.96. The van der Waals surface area contributed by atoms with Crippen LogP contribution in [-0.4, -0.2) is 59.4 Å². The van der Waals surface area contributed by atoms with Crippen molar-refractivity contribution in [2.45, 2.75) is 19.8 Å². The van der Waals surface area contributed by atoms with Gasteiger partial charge in [0.25, 0.3) is 11.8 Å². The molecule has 0 bridgehead atoms. The normalized spacial score (nSPS) is 14.1. The van der Waals surface area contributed by atoms with Gasteiger partial charge in [-0.05, 0) is 30.7 Å². The summed E-state index contributed by atoms with van der Waals surface area (Å²) in [7, 11) is 0. The minimum atomic E-state index is -0.238. The molecule has 0 unspecified atom stereocenters. The molecule has 0 aromatic carbocycles. The summed E-state index contributed by atoms with van der Waals surface area (Å²) in [5, 5.41) is 2.83. The van der Waals surface area contributed by atoms with Crippen LogP contribution in [0, 0.1) is 0 Å². The molecule has 0 saturated carbocycles. The predicted octanol–water partition coefficient (Wildman–Crippen LogP) is 1.97. The van der Waals surface area contributed by atoms with Crippen LogP contribution in [0.3, 0.4) is 0 Å². The van der Waals surface area contributed by atoms with Crippen LogP contribution in [0.5, 0.6) is 0 Å². The summed E-state index contributed by atoms with van der Waals surface area (Å²) < 4.78 is 0. The highest BCUT2D eigenvalue weighted by Gasteiger charge is 2.23. The Morgan fingerprint density at radius 1 is 1.07 bits per heavy atom. The number of rotatable bonds is 6. The number of nitrogens with one attached hydrogen (secondary N) is 1. The Kier molecular flexibility index (Phi) is 6.35. The molecule has 1 saturated heterocycles. The zero-order chi connectivity index (χ0) is 19.1. The average molecular weight is 367 g/mol. The van der Waals surface area contributed by atoms with Crippen LogP contribution in [0.15, 0.2) is 42.7 Å². The second-order valence-corrected chi connectivity index (χ2v) is 6.51. The maximum atomic E-state index is 12.8. The summed E-state index contributed by atoms with van der Waals surface area (Å²) in [5.74, 6) is 0.623. The lowest BCUT2D eigenvalue weighted by atomic mass is 10.1. The van der Waals surface area contributed by atoms with Gasteiger partial charge in [-0.3, -0.25) is 14.6 Å². The molecule has 0 atom stereocenters. The lowest BCUT2D eigenvalue weighted by Gasteiger charge is -2.35. The van der Waals surface area contributed by atoms with E-state index in [1.54, 1.807) is 18.3 Å². The topological polar surface area (TPSA) is 78.4 Å². The van der Waals surface area contributed by atoms with Gasteiger partial charge in [0.05, 0.1) is 0 Å². The largest absolute Gasteiger partial charge is 0.353 e. The molecular formula is C20H25N5O2. The van der Waals surface area contributed by atoms with Crippen molar-refractivity contribution in [2.75, 3.05) is 37.6 Å². The van der Waals surface area contributed by atoms with Crippen molar-refractivity contribution in [3.63, 3.8) is 0 Å². The summed E-state index contributed by atoms with van der Waals surface area (Å²) >= 11 is 0. The summed E-state index contributed by atoms with van der Waals surface area (Å²) in [6.07, 6.45) is 5.23. The second-order valence-electron chi connectivity index (χ2n) is 6.51. The molecule has 0 radical (unpaired) electrons. The highest BCUT2D eigenvalue weighted by Crippen LogP contribution is 2.14. The van der Waals surface area contributed by atoms with Gasteiger partial charge in [0, 0.05) is 50.7 Å². The predicted molar refractivity (Wildman–Crippen MR) is 104 cm³/mol. The first-order chi connectivity index (χ1) is 13.2. The highest BCUT2D eigenvalue weighted by atomic mass is 16.2. The molecule has 142 valence electrons. The van der Waals surface area contributed by atoms with Crippen molar-refractivity contribution >= 4 is 17.6 Å². The molecule has 3 rings (SSSR count). The number of nitrogens with zero attached hydrogens (tertiary/aromatic N) is 4. The monoisotopic (exact) mass is 367 g/mol. The van der Waals surface area contributed by atoms with Gasteiger partial charge < -0.3 is 15.1 Å². The van der Waals surface area contributed by atoms with Crippen LogP contribution in [0.2, 0.25) is 0 Å². The standard InChI is InChI=1S/C20H25N5O2/c1-2-3-8-23-19(26)17-15-16(7-10-21-17)20(27)25-13-11-24(12-14-25)18-6-4-5-9-22-18/h4-7,9-10,15H,2-3,8,11-14H2,1H3,(H,23,26). The number of carbonyl (C=O) groups is 2. The fraction of sp³-hybridized carbons (Fsp3) is 0.400. The fourth-order valence-electron chi connectivity index (χ4n) is 3.02. The van der Waals surface area contributed by atoms with Crippen LogP contribution in [0.1, 0.15) is 40.6 Å². The van der Waals surface area contributed by atoms with Crippen LogP contribution in [0.25, 0.3) is 0 Å². The Morgan fingerprint density at radius 2 is 1.89 bits per heavy atom. The van der Waals surface area contributed by atoms with Gasteiger partial charge >= 0.3 is 0 Å². The molecule has 2 aromatic heterocycles. The third-order valence-corrected chi connectivity index (χ3v) is 4.60. The fourth-order valence-corrected chi connectivity index (χ4v) is 3.02. The molecular weight excluding hydrogens is 342 g/mol. The average Bonchev–Trinajstić information content (AvgIpc) is 2.74. The first-order valence-corrected chi connectivity index (χ1v) is 9.38. The van der Waals surface area contributed by atoms with E-state index < -0.39 is 0 Å². The van der Waals surface area contributed by atoms with Gasteiger partial charge in [-0.25, -0.2) is 4.98 Å². The SMILES string of the molecule is CCCCNC(=O)c1cc(C(=O)N2CCN(c3ccccn3)CC2)ccn1. The van der Waals surface area contributed by atoms with Gasteiger partial charge in [-0.1, -0.05) is 19.4 Å². The van der Waals surface area contributed by atoms with Crippen molar-refractivity contribution in [3.8, 4) is 0 Å². The lowest BCUT2D eigenvalue weighted by molar-refractivity contribution is 0.0746. The van der Waals surface area contributed by atoms with Crippen molar-refractivity contribution in [1.29, 1.82) is 0 Å². The van der Waals surface area contributed by atoms with Crippen LogP contribution < -0.4 is 10.2 Å². The zero-order valence-corrected chi connectivity index (χ0v) is 15.6. The number of carbonyl (C=O) groups excluding carboxylic acids is 2. The van der Waals surface area contributed by atoms with Gasteiger partial charge in [-0.2, -0.15) is 0 Å². The smallest absolute Gasteiger partial charge is 0.269 e. The molecule has 7 nitrogen and oxygen atoms in total. The molecule has 2 amide bonds. The van der Waals surface area contributed by atoms with Crippen molar-refractivity contribution in [3.05, 3.63) is 54.0 Å². The Morgan fingerprint density at radius 3 is 2.59 bits per heavy atom. The van der Waals surface area contributed by atoms with Gasteiger partial charge in [0.2, 0.25) is 0 Å². The maximum Gasteiger partial charge on any atom is 0.269 e. The number of aromatic nitrogens is 2. The van der Waals surface area contributed by atoms with E-state index in [2.05, 4.69) is 27.1 Å². The Balaban J connectivity index is 1.60. The molecule has 2 aromatic rings. The second kappa shape index (κ2) is 9.12. The maximum absolute atomic E-state index is 12.8. The third kappa shape index (κ3) is 4.81. The van der Waals surface area contributed by atoms with Gasteiger partial charge in [0.15, 0.2) is 0 Å². The summed E-state index contributed by atoms with van der Waals surface area (Å²) in [6, 6.07) is 9.07. The number of hydrogen-bond donors (Lipinski definition) is 1. The molecule has 1 fully saturated rings. The Bertz CT molecular complexity index is 773. The third-order valence-electron chi connectivity index (χ3n) is 4.60. The van der Waals surface area contributed by atoms with Crippen LogP contribution in [-0.2, 0) is 0 Å². The summed E-state index contributed by atoms with van der Waals surface area (Å²) in [5.41, 5.74) is 0.779. The number of hydrogen-bond acceptors (Lipinski definition) is 5. The molecule has 1 N–H and O–H groups in total. The minimum Gasteiger partial charge on any atom is -0.353 e. The van der Waals surface area contributed by atoms with E-state index in [1.165, 1.54) is 6.20 Å². The summed E-state index contributed by atoms with van der Waals surface area (Å²) in [6.45, 7) is 5.39. The first-order valence-electron chi connectivity index (χ1n) is 9.38. The van der Waals surface area contributed by atoms with E-state index in [0.717, 1.165) is 31.7 Å². The van der Waals surface area contributed by atoms with E-state index in [-0.39, 0.29) is 17.5 Å². The van der Waals surface area contributed by atoms with Crippen molar-refractivity contribution in [1.82, 2.24) is 20.2 Å². The number of unbranched alkanes of at least 4 members (excludes halogenated alkanes) is 1. The lowest BCUT2D eigenvalue weighted by Crippen LogP contribution is -2.49. The highest BCUT2D eigenvalue weighted by molar-refractivity contribution is 5.98. The molecule has 0 aliphatic carbocycles. The van der Waals surface area contributed by atoms with Gasteiger partial charge in [0.1, 0.15) is 11.5 Å². The Labute approximate surface area is 159 Å². The number of anilines is 1. The number of piperazine rings is 1. The van der Waals surface area contributed by atoms with Crippen molar-refractivity contribution in [2.24, 2.45) is 0 Å². The zero-order valence-electron chi connectivity index (χ0n) is 15.6. The molecule has 3 heterocycles. The van der Waals surface area contributed by atoms with Crippen LogP contribution in [0.4, 0.5) is 5.82 Å². The van der Waals surface area contributed by atoms with E-state index >= 15 is 0 Å². The van der Waals surface area contributed by atoms with E-state index in [1.807, 2.05) is 23.1 Å². The first kappa shape index (κ1) is 18.8. The quantitative estimate of drug-likeness (QED) is 0.790. The van der Waals surface area contributed by atoms with E-state index in [9.17, 15) is 9.59 Å². The van der Waals surface area contributed by atoms with E-state index in [4.69, 9.17) is 0 Å². The minimum absolute atomic E-state index is 0.0688. The molecule has 0 spiro atoms. The molecule has 7 heteroatoms. The molecule has 1 aliphatic rings. The molecule has 27 heavy (non-hydrogen) atoms. The van der Waals surface area contributed by atoms with E-state index in [0.29, 0.717) is 25.2 Å².